The van der Waals surface area contributed by atoms with Gasteiger partial charge in [0.1, 0.15) is 17.6 Å². The number of rotatable bonds is 0. The summed E-state index contributed by atoms with van der Waals surface area (Å²) < 4.78 is 5.23. The standard InChI is InChI=1S/C22H27NO2/c1-4-22(24)10-8-18-16-6-5-15-11-19-14(13-25-23-19)12-20(15,2)17(16)7-9-21(18,22)3/h1,11,13,16-18,24H,5-10,12H2,2-3H3/t16-,17+,18+,20+,21+,22-/m1/s1. The second-order valence-corrected chi connectivity index (χ2v) is 9.40. The topological polar surface area (TPSA) is 46.3 Å². The molecule has 3 saturated carbocycles. The summed E-state index contributed by atoms with van der Waals surface area (Å²) in [6, 6.07) is 0. The number of aromatic nitrogens is 1. The van der Waals surface area contributed by atoms with E-state index < -0.39 is 5.60 Å². The van der Waals surface area contributed by atoms with Crippen molar-refractivity contribution in [1.29, 1.82) is 0 Å². The summed E-state index contributed by atoms with van der Waals surface area (Å²) in [6.45, 7) is 4.71. The zero-order valence-corrected chi connectivity index (χ0v) is 15.2. The molecule has 25 heavy (non-hydrogen) atoms. The molecule has 3 nitrogen and oxygen atoms in total. The summed E-state index contributed by atoms with van der Waals surface area (Å²) >= 11 is 0. The minimum absolute atomic E-state index is 0.114. The number of terminal acetylenes is 1. The Morgan fingerprint density at radius 1 is 1.24 bits per heavy atom. The average molecular weight is 337 g/mol. The van der Waals surface area contributed by atoms with E-state index in [0.29, 0.717) is 17.8 Å². The van der Waals surface area contributed by atoms with E-state index in [1.807, 2.05) is 6.26 Å². The molecule has 0 bridgehead atoms. The van der Waals surface area contributed by atoms with E-state index in [1.54, 1.807) is 5.57 Å². The van der Waals surface area contributed by atoms with Gasteiger partial charge in [-0.15, -0.1) is 6.42 Å². The minimum Gasteiger partial charge on any atom is -0.377 e. The molecule has 0 amide bonds. The summed E-state index contributed by atoms with van der Waals surface area (Å²) in [5, 5.41) is 15.2. The molecule has 0 unspecified atom stereocenters. The molecule has 132 valence electrons. The molecule has 1 heterocycles. The Bertz CT molecular complexity index is 801. The quantitative estimate of drug-likeness (QED) is 0.721. The fraction of sp³-hybridized carbons (Fsp3) is 0.682. The molecule has 0 saturated heterocycles. The molecular formula is C22H27NO2. The van der Waals surface area contributed by atoms with E-state index in [4.69, 9.17) is 10.9 Å². The van der Waals surface area contributed by atoms with Crippen LogP contribution in [-0.4, -0.2) is 15.9 Å². The second-order valence-electron chi connectivity index (χ2n) is 9.40. The SMILES string of the molecule is C#C[C@@]1(O)CC[C@H]2[C@@H]3CCC4=Cc5nocc5C[C@]4(C)[C@H]3CC[C@@]21C. The Hall–Kier alpha value is -1.53. The first-order valence-corrected chi connectivity index (χ1v) is 9.76. The second kappa shape index (κ2) is 4.80. The first-order valence-electron chi connectivity index (χ1n) is 9.76. The van der Waals surface area contributed by atoms with Crippen LogP contribution in [-0.2, 0) is 6.42 Å². The Kier molecular flexibility index (Phi) is 3.01. The summed E-state index contributed by atoms with van der Waals surface area (Å²) in [4.78, 5) is 0. The van der Waals surface area contributed by atoms with Gasteiger partial charge in [0.15, 0.2) is 0 Å². The highest BCUT2D eigenvalue weighted by molar-refractivity contribution is 5.58. The van der Waals surface area contributed by atoms with Gasteiger partial charge in [-0.1, -0.05) is 30.5 Å². The first-order chi connectivity index (χ1) is 11.9. The molecule has 1 aromatic rings. The minimum atomic E-state index is -0.909. The predicted molar refractivity (Wildman–Crippen MR) is 96.4 cm³/mol. The monoisotopic (exact) mass is 337 g/mol. The van der Waals surface area contributed by atoms with E-state index in [9.17, 15) is 5.11 Å². The van der Waals surface area contributed by atoms with Gasteiger partial charge in [-0.2, -0.15) is 0 Å². The van der Waals surface area contributed by atoms with Crippen molar-refractivity contribution in [1.82, 2.24) is 5.16 Å². The van der Waals surface area contributed by atoms with Crippen molar-refractivity contribution in [2.75, 3.05) is 0 Å². The summed E-state index contributed by atoms with van der Waals surface area (Å²) in [5.74, 6) is 4.67. The van der Waals surface area contributed by atoms with Gasteiger partial charge in [0, 0.05) is 11.0 Å². The van der Waals surface area contributed by atoms with Crippen LogP contribution < -0.4 is 0 Å². The van der Waals surface area contributed by atoms with Crippen LogP contribution in [0.5, 0.6) is 0 Å². The van der Waals surface area contributed by atoms with Crippen molar-refractivity contribution in [3.05, 3.63) is 23.1 Å². The van der Waals surface area contributed by atoms with Gasteiger partial charge in [-0.25, -0.2) is 0 Å². The maximum Gasteiger partial charge on any atom is 0.130 e. The molecule has 3 heteroatoms. The van der Waals surface area contributed by atoms with Crippen LogP contribution in [0, 0.1) is 40.9 Å². The Morgan fingerprint density at radius 2 is 2.04 bits per heavy atom. The van der Waals surface area contributed by atoms with Gasteiger partial charge in [0.25, 0.3) is 0 Å². The highest BCUT2D eigenvalue weighted by Crippen LogP contribution is 2.67. The molecule has 0 aliphatic heterocycles. The number of hydrogen-bond acceptors (Lipinski definition) is 3. The lowest BCUT2D eigenvalue weighted by atomic mass is 9.46. The fourth-order valence-corrected chi connectivity index (χ4v) is 7.14. The number of aliphatic hydroxyl groups is 1. The molecule has 0 radical (unpaired) electrons. The molecular weight excluding hydrogens is 310 g/mol. The van der Waals surface area contributed by atoms with Crippen molar-refractivity contribution < 1.29 is 9.63 Å². The molecule has 5 rings (SSSR count). The van der Waals surface area contributed by atoms with E-state index in [-0.39, 0.29) is 10.8 Å². The first kappa shape index (κ1) is 15.7. The van der Waals surface area contributed by atoms with Crippen LogP contribution in [0.1, 0.15) is 63.6 Å². The maximum absolute atomic E-state index is 11.1. The molecule has 1 aromatic heterocycles. The van der Waals surface area contributed by atoms with E-state index >= 15 is 0 Å². The molecule has 0 spiro atoms. The largest absolute Gasteiger partial charge is 0.377 e. The third-order valence-corrected chi connectivity index (χ3v) is 8.67. The smallest absolute Gasteiger partial charge is 0.130 e. The normalized spacial score (nSPS) is 47.8. The molecule has 6 atom stereocenters. The maximum atomic E-state index is 11.1. The van der Waals surface area contributed by atoms with Crippen LogP contribution in [0.3, 0.4) is 0 Å². The van der Waals surface area contributed by atoms with E-state index in [1.165, 1.54) is 12.0 Å². The number of allylic oxidation sites excluding steroid dienone is 1. The summed E-state index contributed by atoms with van der Waals surface area (Å²) in [7, 11) is 0. The Morgan fingerprint density at radius 3 is 2.84 bits per heavy atom. The highest BCUT2D eigenvalue weighted by Gasteiger charge is 2.63. The molecule has 0 aromatic carbocycles. The number of fused-ring (bicyclic) bond motifs is 6. The third kappa shape index (κ3) is 1.79. The average Bonchev–Trinajstić information content (AvgIpc) is 3.14. The third-order valence-electron chi connectivity index (χ3n) is 8.67. The van der Waals surface area contributed by atoms with Gasteiger partial charge in [-0.05, 0) is 74.2 Å². The van der Waals surface area contributed by atoms with Crippen molar-refractivity contribution in [3.63, 3.8) is 0 Å². The van der Waals surface area contributed by atoms with Crippen molar-refractivity contribution >= 4 is 6.08 Å². The van der Waals surface area contributed by atoms with E-state index in [0.717, 1.165) is 44.2 Å². The van der Waals surface area contributed by atoms with E-state index in [2.05, 4.69) is 31.0 Å². The Labute approximate surface area is 149 Å². The molecule has 1 N–H and O–H groups in total. The van der Waals surface area contributed by atoms with Crippen LogP contribution in [0.25, 0.3) is 6.08 Å². The van der Waals surface area contributed by atoms with Crippen LogP contribution in [0.15, 0.2) is 16.4 Å². The number of hydrogen-bond donors (Lipinski definition) is 1. The van der Waals surface area contributed by atoms with Gasteiger partial charge in [0.05, 0.1) is 0 Å². The molecule has 4 aliphatic carbocycles. The molecule has 4 aliphatic rings. The molecule has 3 fully saturated rings. The lowest BCUT2D eigenvalue weighted by molar-refractivity contribution is -0.0974. The lowest BCUT2D eigenvalue weighted by Crippen LogP contribution is -2.54. The highest BCUT2D eigenvalue weighted by atomic mass is 16.5. The zero-order chi connectivity index (χ0) is 17.4. The lowest BCUT2D eigenvalue weighted by Gasteiger charge is -2.58. The van der Waals surface area contributed by atoms with Gasteiger partial charge >= 0.3 is 0 Å². The van der Waals surface area contributed by atoms with Gasteiger partial charge in [0.2, 0.25) is 0 Å². The van der Waals surface area contributed by atoms with Crippen molar-refractivity contribution in [2.24, 2.45) is 28.6 Å². The zero-order valence-electron chi connectivity index (χ0n) is 15.2. The van der Waals surface area contributed by atoms with Crippen LogP contribution in [0.2, 0.25) is 0 Å². The van der Waals surface area contributed by atoms with Crippen LogP contribution in [0.4, 0.5) is 0 Å². The Balaban J connectivity index is 1.53. The summed E-state index contributed by atoms with van der Waals surface area (Å²) in [5.41, 5.74) is 3.04. The summed E-state index contributed by atoms with van der Waals surface area (Å²) in [6.07, 6.45) is 17.4. The van der Waals surface area contributed by atoms with Crippen LogP contribution >= 0.6 is 0 Å². The fourth-order valence-electron chi connectivity index (χ4n) is 7.14. The van der Waals surface area contributed by atoms with Crippen molar-refractivity contribution in [3.8, 4) is 12.3 Å². The number of nitrogens with zero attached hydrogens (tertiary/aromatic N) is 1. The predicted octanol–water partition coefficient (Wildman–Crippen LogP) is 4.22. The van der Waals surface area contributed by atoms with Gasteiger partial charge < -0.3 is 9.63 Å². The van der Waals surface area contributed by atoms with Crippen molar-refractivity contribution in [2.45, 2.75) is 64.4 Å². The van der Waals surface area contributed by atoms with Gasteiger partial charge in [-0.3, -0.25) is 0 Å².